The second-order valence-electron chi connectivity index (χ2n) is 3.32. The van der Waals surface area contributed by atoms with E-state index in [0.29, 0.717) is 23.3 Å². The van der Waals surface area contributed by atoms with Gasteiger partial charge in [-0.05, 0) is 6.07 Å². The fourth-order valence-electron chi connectivity index (χ4n) is 1.56. The predicted molar refractivity (Wildman–Crippen MR) is 60.7 cm³/mol. The summed E-state index contributed by atoms with van der Waals surface area (Å²) in [5.74, 6) is 0.227. The fraction of sp³-hybridized carbons (Fsp3) is 0.182. The smallest absolute Gasteiger partial charge is 0.175 e. The number of rotatable bonds is 2. The van der Waals surface area contributed by atoms with Gasteiger partial charge in [0.25, 0.3) is 0 Å². The Morgan fingerprint density at radius 3 is 2.94 bits per heavy atom. The molecule has 16 heavy (non-hydrogen) atoms. The molecule has 1 aromatic heterocycles. The Morgan fingerprint density at radius 2 is 2.25 bits per heavy atom. The molecule has 0 aliphatic heterocycles. The summed E-state index contributed by atoms with van der Waals surface area (Å²) in [4.78, 5) is 0. The summed E-state index contributed by atoms with van der Waals surface area (Å²) in [6.45, 7) is 1.88. The van der Waals surface area contributed by atoms with Gasteiger partial charge < -0.3 is 10.3 Å². The van der Waals surface area contributed by atoms with Gasteiger partial charge in [0.15, 0.2) is 5.82 Å². The first-order chi connectivity index (χ1) is 7.65. The third kappa shape index (κ3) is 1.65. The first-order valence-corrected chi connectivity index (χ1v) is 5.21. The summed E-state index contributed by atoms with van der Waals surface area (Å²) in [5, 5.41) is 3.68. The second-order valence-corrected chi connectivity index (χ2v) is 3.73. The molecule has 0 spiro atoms. The lowest BCUT2D eigenvalue weighted by atomic mass is 10.0. The Kier molecular flexibility index (Phi) is 2.83. The minimum Gasteiger partial charge on any atom is -0.380 e. The SMILES string of the molecule is CCc1onc(N)c1-c1cccc(Cl)c1F. The molecule has 0 unspecified atom stereocenters. The highest BCUT2D eigenvalue weighted by Crippen LogP contribution is 2.34. The van der Waals surface area contributed by atoms with Crippen molar-refractivity contribution in [2.24, 2.45) is 0 Å². The summed E-state index contributed by atoms with van der Waals surface area (Å²) in [5.41, 5.74) is 6.46. The van der Waals surface area contributed by atoms with Crippen molar-refractivity contribution < 1.29 is 8.91 Å². The second kappa shape index (κ2) is 4.14. The Labute approximate surface area is 97.0 Å². The molecule has 5 heteroatoms. The zero-order valence-electron chi connectivity index (χ0n) is 8.63. The maximum absolute atomic E-state index is 13.8. The topological polar surface area (TPSA) is 52.0 Å². The lowest BCUT2D eigenvalue weighted by Crippen LogP contribution is -1.93. The molecular weight excluding hydrogens is 231 g/mol. The average molecular weight is 241 g/mol. The van der Waals surface area contributed by atoms with E-state index in [1.54, 1.807) is 12.1 Å². The third-order valence-corrected chi connectivity index (χ3v) is 2.62. The van der Waals surface area contributed by atoms with Crippen molar-refractivity contribution in [2.45, 2.75) is 13.3 Å². The third-order valence-electron chi connectivity index (χ3n) is 2.33. The van der Waals surface area contributed by atoms with E-state index in [1.807, 2.05) is 6.92 Å². The molecule has 0 saturated heterocycles. The zero-order chi connectivity index (χ0) is 11.7. The standard InChI is InChI=1S/C11H10ClFN2O/c1-2-8-9(11(14)15-16-8)6-4-3-5-7(12)10(6)13/h3-5H,2H2,1H3,(H2,14,15). The Balaban J connectivity index is 2.67. The van der Waals surface area contributed by atoms with E-state index >= 15 is 0 Å². The van der Waals surface area contributed by atoms with Crippen LogP contribution in [0, 0.1) is 5.82 Å². The molecule has 0 fully saturated rings. The Hall–Kier alpha value is -1.55. The monoisotopic (exact) mass is 240 g/mol. The van der Waals surface area contributed by atoms with Crippen molar-refractivity contribution in [3.05, 3.63) is 34.8 Å². The highest BCUT2D eigenvalue weighted by atomic mass is 35.5. The maximum Gasteiger partial charge on any atom is 0.175 e. The van der Waals surface area contributed by atoms with Gasteiger partial charge in [-0.1, -0.05) is 35.8 Å². The molecule has 0 radical (unpaired) electrons. The molecule has 2 aromatic rings. The lowest BCUT2D eigenvalue weighted by molar-refractivity contribution is 0.390. The number of nitrogen functional groups attached to an aromatic ring is 1. The van der Waals surface area contributed by atoms with Gasteiger partial charge in [-0.3, -0.25) is 0 Å². The lowest BCUT2D eigenvalue weighted by Gasteiger charge is -2.03. The number of anilines is 1. The predicted octanol–water partition coefficient (Wildman–Crippen LogP) is 3.28. The van der Waals surface area contributed by atoms with E-state index in [9.17, 15) is 4.39 Å². The molecule has 0 amide bonds. The first kappa shape index (κ1) is 11.0. The van der Waals surface area contributed by atoms with Crippen LogP contribution in [0.25, 0.3) is 11.1 Å². The number of hydrogen-bond acceptors (Lipinski definition) is 3. The maximum atomic E-state index is 13.8. The number of aromatic nitrogens is 1. The first-order valence-electron chi connectivity index (χ1n) is 4.83. The van der Waals surface area contributed by atoms with Crippen molar-refractivity contribution in [1.82, 2.24) is 5.16 Å². The average Bonchev–Trinajstić information content (AvgIpc) is 2.64. The van der Waals surface area contributed by atoms with Crippen LogP contribution < -0.4 is 5.73 Å². The molecule has 2 N–H and O–H groups in total. The molecule has 2 rings (SSSR count). The molecule has 0 bridgehead atoms. The van der Waals surface area contributed by atoms with Gasteiger partial charge >= 0.3 is 0 Å². The van der Waals surface area contributed by atoms with Crippen molar-refractivity contribution >= 4 is 17.4 Å². The van der Waals surface area contributed by atoms with Gasteiger partial charge in [-0.2, -0.15) is 0 Å². The van der Waals surface area contributed by atoms with E-state index in [4.69, 9.17) is 21.9 Å². The summed E-state index contributed by atoms with van der Waals surface area (Å²) < 4.78 is 18.8. The minimum atomic E-state index is -0.506. The van der Waals surface area contributed by atoms with Crippen molar-refractivity contribution in [1.29, 1.82) is 0 Å². The van der Waals surface area contributed by atoms with E-state index < -0.39 is 5.82 Å². The molecule has 0 saturated carbocycles. The van der Waals surface area contributed by atoms with Gasteiger partial charge in [0, 0.05) is 12.0 Å². The zero-order valence-corrected chi connectivity index (χ0v) is 9.38. The van der Waals surface area contributed by atoms with Crippen LogP contribution in [-0.4, -0.2) is 5.16 Å². The van der Waals surface area contributed by atoms with Crippen LogP contribution in [0.1, 0.15) is 12.7 Å². The number of halogens is 2. The molecule has 0 atom stereocenters. The van der Waals surface area contributed by atoms with Gasteiger partial charge in [0.05, 0.1) is 10.6 Å². The Bertz CT molecular complexity index is 525. The highest BCUT2D eigenvalue weighted by molar-refractivity contribution is 6.31. The van der Waals surface area contributed by atoms with Crippen molar-refractivity contribution in [2.75, 3.05) is 5.73 Å². The highest BCUT2D eigenvalue weighted by Gasteiger charge is 2.18. The number of aryl methyl sites for hydroxylation is 1. The fourth-order valence-corrected chi connectivity index (χ4v) is 1.74. The number of benzene rings is 1. The van der Waals surface area contributed by atoms with Crippen LogP contribution in [0.3, 0.4) is 0 Å². The van der Waals surface area contributed by atoms with Crippen LogP contribution in [0.2, 0.25) is 5.02 Å². The summed E-state index contributed by atoms with van der Waals surface area (Å²) >= 11 is 5.71. The number of nitrogens with two attached hydrogens (primary N) is 1. The molecule has 84 valence electrons. The molecule has 0 aliphatic carbocycles. The normalized spacial score (nSPS) is 10.7. The van der Waals surface area contributed by atoms with E-state index in [2.05, 4.69) is 5.16 Å². The van der Waals surface area contributed by atoms with Crippen molar-refractivity contribution in [3.8, 4) is 11.1 Å². The van der Waals surface area contributed by atoms with Crippen LogP contribution in [0.15, 0.2) is 22.7 Å². The van der Waals surface area contributed by atoms with Gasteiger partial charge in [-0.25, -0.2) is 4.39 Å². The minimum absolute atomic E-state index is 0.0557. The largest absolute Gasteiger partial charge is 0.380 e. The van der Waals surface area contributed by atoms with Gasteiger partial charge in [-0.15, -0.1) is 0 Å². The van der Waals surface area contributed by atoms with Crippen LogP contribution in [-0.2, 0) is 6.42 Å². The van der Waals surface area contributed by atoms with Crippen molar-refractivity contribution in [3.63, 3.8) is 0 Å². The molecular formula is C11H10ClFN2O. The quantitative estimate of drug-likeness (QED) is 0.876. The van der Waals surface area contributed by atoms with Gasteiger partial charge in [0.1, 0.15) is 11.6 Å². The molecule has 1 aromatic carbocycles. The van der Waals surface area contributed by atoms with Crippen LogP contribution in [0.4, 0.5) is 10.2 Å². The Morgan fingerprint density at radius 1 is 1.50 bits per heavy atom. The summed E-state index contributed by atoms with van der Waals surface area (Å²) in [6, 6.07) is 4.74. The molecule has 0 aliphatic rings. The van der Waals surface area contributed by atoms with E-state index in [0.717, 1.165) is 0 Å². The van der Waals surface area contributed by atoms with Crippen LogP contribution in [0.5, 0.6) is 0 Å². The molecule has 3 nitrogen and oxygen atoms in total. The number of hydrogen-bond donors (Lipinski definition) is 1. The molecule has 1 heterocycles. The summed E-state index contributed by atoms with van der Waals surface area (Å²) in [6.07, 6.45) is 0.589. The summed E-state index contributed by atoms with van der Waals surface area (Å²) in [7, 11) is 0. The van der Waals surface area contributed by atoms with E-state index in [1.165, 1.54) is 6.07 Å². The van der Waals surface area contributed by atoms with Crippen LogP contribution >= 0.6 is 11.6 Å². The number of nitrogens with zero attached hydrogens (tertiary/aromatic N) is 1. The van der Waals surface area contributed by atoms with E-state index in [-0.39, 0.29) is 10.8 Å². The van der Waals surface area contributed by atoms with Gasteiger partial charge in [0.2, 0.25) is 0 Å².